The van der Waals surface area contributed by atoms with Gasteiger partial charge in [0.15, 0.2) is 5.82 Å². The summed E-state index contributed by atoms with van der Waals surface area (Å²) in [5.41, 5.74) is -0.957. The molecule has 0 bridgehead atoms. The molecule has 1 fully saturated rings. The number of hydrogen-bond acceptors (Lipinski definition) is 4. The van der Waals surface area contributed by atoms with E-state index in [0.717, 1.165) is 19.3 Å². The summed E-state index contributed by atoms with van der Waals surface area (Å²) < 4.78 is 0. The van der Waals surface area contributed by atoms with Crippen LogP contribution in [0.1, 0.15) is 32.6 Å². The molecular weight excluding hydrogens is 218 g/mol. The zero-order chi connectivity index (χ0) is 12.3. The third-order valence-corrected chi connectivity index (χ3v) is 3.36. The van der Waals surface area contributed by atoms with Crippen molar-refractivity contribution >= 4 is 5.82 Å². The molecule has 2 rings (SSSR count). The summed E-state index contributed by atoms with van der Waals surface area (Å²) in [5.74, 6) is 0.816. The Hall–Kier alpha value is -1.36. The van der Waals surface area contributed by atoms with E-state index in [4.69, 9.17) is 0 Å². The number of aromatic nitrogens is 2. The van der Waals surface area contributed by atoms with Crippen LogP contribution in [0.2, 0.25) is 0 Å². The monoisotopic (exact) mass is 237 g/mol. The SMILES string of the molecule is CC1CCCC(O)(CNc2ncc[nH]c2=O)C1. The van der Waals surface area contributed by atoms with Crippen molar-refractivity contribution in [1.82, 2.24) is 9.97 Å². The third-order valence-electron chi connectivity index (χ3n) is 3.36. The Morgan fingerprint density at radius 3 is 3.24 bits per heavy atom. The second-order valence-electron chi connectivity index (χ2n) is 5.05. The van der Waals surface area contributed by atoms with Crippen molar-refractivity contribution in [3.8, 4) is 0 Å². The average Bonchev–Trinajstić information content (AvgIpc) is 2.28. The van der Waals surface area contributed by atoms with Crippen molar-refractivity contribution < 1.29 is 5.11 Å². The number of nitrogens with one attached hydrogen (secondary N) is 2. The summed E-state index contributed by atoms with van der Waals surface area (Å²) in [6.07, 6.45) is 6.80. The summed E-state index contributed by atoms with van der Waals surface area (Å²) in [6.45, 7) is 2.54. The van der Waals surface area contributed by atoms with E-state index in [2.05, 4.69) is 22.2 Å². The molecule has 2 unspecified atom stereocenters. The molecule has 0 radical (unpaired) electrons. The van der Waals surface area contributed by atoms with Crippen LogP contribution in [0.15, 0.2) is 17.2 Å². The highest BCUT2D eigenvalue weighted by atomic mass is 16.3. The number of aliphatic hydroxyl groups is 1. The van der Waals surface area contributed by atoms with Crippen LogP contribution in [0.25, 0.3) is 0 Å². The lowest BCUT2D eigenvalue weighted by Gasteiger charge is -2.35. The van der Waals surface area contributed by atoms with Crippen molar-refractivity contribution in [3.63, 3.8) is 0 Å². The van der Waals surface area contributed by atoms with E-state index in [1.165, 1.54) is 18.8 Å². The second kappa shape index (κ2) is 4.87. The molecule has 1 aromatic heterocycles. The first-order valence-electron chi connectivity index (χ1n) is 6.09. The van der Waals surface area contributed by atoms with Gasteiger partial charge in [0.25, 0.3) is 5.56 Å². The predicted octanol–water partition coefficient (Wildman–Crippen LogP) is 1.12. The first-order valence-corrected chi connectivity index (χ1v) is 6.09. The van der Waals surface area contributed by atoms with E-state index >= 15 is 0 Å². The maximum atomic E-state index is 11.4. The molecule has 5 heteroatoms. The Balaban J connectivity index is 1.98. The Morgan fingerprint density at radius 1 is 1.71 bits per heavy atom. The van der Waals surface area contributed by atoms with Crippen LogP contribution in [0, 0.1) is 5.92 Å². The van der Waals surface area contributed by atoms with Crippen molar-refractivity contribution in [2.24, 2.45) is 5.92 Å². The molecule has 1 heterocycles. The summed E-state index contributed by atoms with van der Waals surface area (Å²) >= 11 is 0. The lowest BCUT2D eigenvalue weighted by molar-refractivity contribution is -0.000845. The first-order chi connectivity index (χ1) is 8.09. The quantitative estimate of drug-likeness (QED) is 0.736. The van der Waals surface area contributed by atoms with Gasteiger partial charge in [0.1, 0.15) is 0 Å². The fraction of sp³-hybridized carbons (Fsp3) is 0.667. The molecule has 17 heavy (non-hydrogen) atoms. The molecule has 0 aliphatic heterocycles. The minimum atomic E-state index is -0.707. The van der Waals surface area contributed by atoms with Crippen molar-refractivity contribution in [2.45, 2.75) is 38.2 Å². The Bertz CT molecular complexity index is 432. The molecule has 94 valence electrons. The van der Waals surface area contributed by atoms with Gasteiger partial charge < -0.3 is 15.4 Å². The van der Waals surface area contributed by atoms with E-state index in [-0.39, 0.29) is 11.4 Å². The van der Waals surface area contributed by atoms with Crippen LogP contribution in [0.5, 0.6) is 0 Å². The number of H-pyrrole nitrogens is 1. The van der Waals surface area contributed by atoms with Crippen molar-refractivity contribution in [1.29, 1.82) is 0 Å². The molecule has 0 aromatic carbocycles. The number of hydrogen-bond donors (Lipinski definition) is 3. The number of rotatable bonds is 3. The Morgan fingerprint density at radius 2 is 2.53 bits per heavy atom. The van der Waals surface area contributed by atoms with Gasteiger partial charge in [-0.2, -0.15) is 0 Å². The van der Waals surface area contributed by atoms with Crippen LogP contribution in [0.3, 0.4) is 0 Å². The molecule has 1 aromatic rings. The van der Waals surface area contributed by atoms with Gasteiger partial charge in [-0.1, -0.05) is 19.8 Å². The van der Waals surface area contributed by atoms with E-state index in [9.17, 15) is 9.90 Å². The molecular formula is C12H19N3O2. The minimum Gasteiger partial charge on any atom is -0.388 e. The van der Waals surface area contributed by atoms with Gasteiger partial charge in [0, 0.05) is 18.9 Å². The maximum absolute atomic E-state index is 11.4. The molecule has 1 saturated carbocycles. The maximum Gasteiger partial charge on any atom is 0.290 e. The van der Waals surface area contributed by atoms with Gasteiger partial charge in [0.2, 0.25) is 0 Å². The Kier molecular flexibility index (Phi) is 3.47. The van der Waals surface area contributed by atoms with E-state index < -0.39 is 5.60 Å². The topological polar surface area (TPSA) is 78.0 Å². The third kappa shape index (κ3) is 3.06. The van der Waals surface area contributed by atoms with Gasteiger partial charge in [-0.25, -0.2) is 4.98 Å². The van der Waals surface area contributed by atoms with Gasteiger partial charge in [-0.05, 0) is 18.8 Å². The summed E-state index contributed by atoms with van der Waals surface area (Å²) in [5, 5.41) is 13.3. The minimum absolute atomic E-state index is 0.250. The highest BCUT2D eigenvalue weighted by molar-refractivity contribution is 5.30. The molecule has 1 aliphatic rings. The summed E-state index contributed by atoms with van der Waals surface area (Å²) in [6, 6.07) is 0. The van der Waals surface area contributed by atoms with E-state index in [1.807, 2.05) is 0 Å². The molecule has 0 saturated heterocycles. The zero-order valence-electron chi connectivity index (χ0n) is 10.1. The van der Waals surface area contributed by atoms with Crippen molar-refractivity contribution in [2.75, 3.05) is 11.9 Å². The standard InChI is InChI=1S/C12H19N3O2/c1-9-3-2-4-12(17,7-9)8-15-10-11(16)14-6-5-13-10/h5-6,9,17H,2-4,7-8H2,1H3,(H,13,15)(H,14,16). The van der Waals surface area contributed by atoms with Crippen LogP contribution < -0.4 is 10.9 Å². The number of anilines is 1. The molecule has 2 atom stereocenters. The van der Waals surface area contributed by atoms with Crippen LogP contribution >= 0.6 is 0 Å². The summed E-state index contributed by atoms with van der Waals surface area (Å²) in [7, 11) is 0. The highest BCUT2D eigenvalue weighted by Crippen LogP contribution is 2.31. The fourth-order valence-corrected chi connectivity index (χ4v) is 2.52. The first kappa shape index (κ1) is 12.1. The fourth-order valence-electron chi connectivity index (χ4n) is 2.52. The highest BCUT2D eigenvalue weighted by Gasteiger charge is 2.32. The van der Waals surface area contributed by atoms with Gasteiger partial charge in [-0.15, -0.1) is 0 Å². The lowest BCUT2D eigenvalue weighted by Crippen LogP contribution is -2.42. The van der Waals surface area contributed by atoms with E-state index in [1.54, 1.807) is 0 Å². The van der Waals surface area contributed by atoms with E-state index in [0.29, 0.717) is 12.5 Å². The van der Waals surface area contributed by atoms with Crippen LogP contribution in [-0.2, 0) is 0 Å². The number of aromatic amines is 1. The molecule has 5 nitrogen and oxygen atoms in total. The smallest absolute Gasteiger partial charge is 0.290 e. The predicted molar refractivity (Wildman–Crippen MR) is 65.9 cm³/mol. The molecule has 1 aliphatic carbocycles. The van der Waals surface area contributed by atoms with Gasteiger partial charge >= 0.3 is 0 Å². The largest absolute Gasteiger partial charge is 0.388 e. The Labute approximate surface area is 100 Å². The normalized spacial score (nSPS) is 28.9. The van der Waals surface area contributed by atoms with Gasteiger partial charge in [-0.3, -0.25) is 4.79 Å². The lowest BCUT2D eigenvalue weighted by atomic mass is 9.79. The molecule has 0 spiro atoms. The molecule has 0 amide bonds. The van der Waals surface area contributed by atoms with Crippen LogP contribution in [-0.4, -0.2) is 27.2 Å². The zero-order valence-corrected chi connectivity index (χ0v) is 10.1. The average molecular weight is 237 g/mol. The van der Waals surface area contributed by atoms with Crippen molar-refractivity contribution in [3.05, 3.63) is 22.7 Å². The van der Waals surface area contributed by atoms with Crippen LogP contribution in [0.4, 0.5) is 5.82 Å². The molecule has 3 N–H and O–H groups in total. The number of nitrogens with zero attached hydrogens (tertiary/aromatic N) is 1. The second-order valence-corrected chi connectivity index (χ2v) is 5.05. The van der Waals surface area contributed by atoms with Gasteiger partial charge in [0.05, 0.1) is 5.60 Å². The summed E-state index contributed by atoms with van der Waals surface area (Å²) in [4.78, 5) is 17.9.